The van der Waals surface area contributed by atoms with Crippen LogP contribution in [0.2, 0.25) is 0 Å². The number of ether oxygens (including phenoxy) is 1. The number of fused-ring (bicyclic) bond motifs is 14. The van der Waals surface area contributed by atoms with E-state index in [0.29, 0.717) is 11.5 Å². The van der Waals surface area contributed by atoms with Gasteiger partial charge in [0.25, 0.3) is 0 Å². The van der Waals surface area contributed by atoms with E-state index in [1.165, 1.54) is 75.1 Å². The molecule has 0 saturated carbocycles. The van der Waals surface area contributed by atoms with E-state index in [1.807, 2.05) is 12.1 Å². The van der Waals surface area contributed by atoms with Crippen molar-refractivity contribution in [2.75, 3.05) is 19.6 Å². The molecule has 346 valence electrons. The van der Waals surface area contributed by atoms with Crippen molar-refractivity contribution in [3.63, 3.8) is 0 Å². The van der Waals surface area contributed by atoms with Gasteiger partial charge < -0.3 is 0 Å². The van der Waals surface area contributed by atoms with Gasteiger partial charge in [-0.2, -0.15) is 0 Å². The molecule has 72 heavy (non-hydrogen) atoms. The van der Waals surface area contributed by atoms with Crippen molar-refractivity contribution in [2.24, 2.45) is 0 Å². The maximum absolute atomic E-state index is 6.78. The molecule has 9 aliphatic heterocycles. The number of para-hydroxylation sites is 6. The summed E-state index contributed by atoms with van der Waals surface area (Å²) in [6, 6.07) is 89.2. The first-order valence-electron chi connectivity index (χ1n) is 24.7. The average Bonchev–Trinajstić information content (AvgIpc) is 3.93. The Bertz CT molecular complexity index is 3510. The predicted octanol–water partition coefficient (Wildman–Crippen LogP) is 15.8. The van der Waals surface area contributed by atoms with Gasteiger partial charge >= 0.3 is 430 Å². The third-order valence-electron chi connectivity index (χ3n) is 14.7. The Morgan fingerprint density at radius 2 is 0.611 bits per heavy atom. The standard InChI is InChI=1S/C66H44N4O.Pt/c1-3-19-63-61(17-1)67-43-69(63)65-57-13-7-14-58(65)50-35-27-46(28-36-50)22-24-48-31-39-52(40-32-48)60-16-8-15-59(51-37-29-47(30-38-51)23-21-45-25-33-49(57)34-26-45)66(60)70-44-68(62-18-2-4-20-64(62)70)54-10-6-12-56(42-54)71-55-11-5-9-53(67)41-55;/h1-20,25-40H,21-24H2;/q-2;. The molecule has 0 unspecified atom stereocenters. The fraction of sp³-hybridized carbons (Fsp3) is 0.0606. The quantitative estimate of drug-likeness (QED) is 0.141. The molecule has 0 amide bonds. The molecule has 9 aliphatic rings. The van der Waals surface area contributed by atoms with Crippen molar-refractivity contribution in [1.82, 2.24) is 0 Å². The molecule has 0 spiro atoms. The summed E-state index contributed by atoms with van der Waals surface area (Å²) in [4.78, 5) is 10.2. The van der Waals surface area contributed by atoms with Crippen LogP contribution in [0.25, 0.3) is 44.5 Å². The van der Waals surface area contributed by atoms with Gasteiger partial charge in [-0.25, -0.2) is 0 Å². The van der Waals surface area contributed by atoms with Crippen molar-refractivity contribution in [2.45, 2.75) is 25.7 Å². The summed E-state index contributed by atoms with van der Waals surface area (Å²) >= 11 is -1.23. The first-order chi connectivity index (χ1) is 35.7. The summed E-state index contributed by atoms with van der Waals surface area (Å²) in [6.07, 6.45) is 3.79. The summed E-state index contributed by atoms with van der Waals surface area (Å²) in [6.45, 7) is 0. The molecular formula is C66H44N4OPt-2. The van der Waals surface area contributed by atoms with E-state index < -0.39 is 17.6 Å². The van der Waals surface area contributed by atoms with Crippen molar-refractivity contribution >= 4 is 53.8 Å². The monoisotopic (exact) mass is 1100 g/mol. The molecule has 5 nitrogen and oxygen atoms in total. The Hall–Kier alpha value is -8.37. The van der Waals surface area contributed by atoms with Gasteiger partial charge in [0.05, 0.1) is 0 Å². The molecule has 0 saturated heterocycles. The summed E-state index contributed by atoms with van der Waals surface area (Å²) in [7, 11) is 0. The number of nitrogens with zero attached hydrogens (tertiary/aromatic N) is 4. The molecule has 16 bridgehead atoms. The zero-order valence-corrected chi connectivity index (χ0v) is 41.4. The summed E-state index contributed by atoms with van der Waals surface area (Å²) in [5, 5.41) is 0. The normalized spacial score (nSPS) is 14.7. The van der Waals surface area contributed by atoms with Crippen LogP contribution in [-0.2, 0) is 43.3 Å². The number of anilines is 8. The third-order valence-corrected chi connectivity index (χ3v) is 17.8. The number of rotatable bonds is 0. The molecule has 0 N–H and O–H groups in total. The number of benzene rings is 10. The Labute approximate surface area is 427 Å². The fourth-order valence-corrected chi connectivity index (χ4v) is 14.8. The molecule has 0 aliphatic carbocycles. The minimum atomic E-state index is -1.23. The molecule has 19 rings (SSSR count). The van der Waals surface area contributed by atoms with Gasteiger partial charge in [0.1, 0.15) is 0 Å². The average molecular weight is 1100 g/mol. The van der Waals surface area contributed by atoms with Gasteiger partial charge in [-0.1, -0.05) is 0 Å². The zero-order chi connectivity index (χ0) is 47.3. The number of hydrogen-bond donors (Lipinski definition) is 0. The molecule has 0 fully saturated rings. The molecule has 6 heteroatoms. The van der Waals surface area contributed by atoms with Crippen LogP contribution in [0.5, 0.6) is 11.5 Å². The van der Waals surface area contributed by atoms with E-state index >= 15 is 0 Å². The van der Waals surface area contributed by atoms with Crippen LogP contribution in [-0.4, -0.2) is 8.29 Å². The molecule has 0 aromatic heterocycles. The first-order valence-corrected chi connectivity index (χ1v) is 27.0. The van der Waals surface area contributed by atoms with Gasteiger partial charge in [0, 0.05) is 0 Å². The molecule has 10 aromatic rings. The Morgan fingerprint density at radius 3 is 0.944 bits per heavy atom. The molecule has 0 radical (unpaired) electrons. The van der Waals surface area contributed by atoms with Crippen LogP contribution in [0.1, 0.15) is 22.3 Å². The number of hydrogen-bond acceptors (Lipinski definition) is 5. The SMILES string of the molecule is [c-]1c2cccc1N1[C]3=[Pt]=[C]4N(c5[c-]c(ccc5)O2)c2ccccc2N4c2c4cccc2-c2ccc(cc2)CCc2ccc(cc2)-c2cccc(c2N3c2ccccc21)-c1ccc(cc1)CCc1ccc-4cc1. The van der Waals surface area contributed by atoms with E-state index in [4.69, 9.17) is 4.74 Å². The van der Waals surface area contributed by atoms with E-state index in [-0.39, 0.29) is 0 Å². The van der Waals surface area contributed by atoms with Gasteiger partial charge in [0.2, 0.25) is 0 Å². The van der Waals surface area contributed by atoms with Gasteiger partial charge in [0.15, 0.2) is 0 Å². The minimum absolute atomic E-state index is 0.634. The first kappa shape index (κ1) is 41.4. The van der Waals surface area contributed by atoms with E-state index in [0.717, 1.165) is 71.2 Å². The third kappa shape index (κ3) is 6.72. The fourth-order valence-electron chi connectivity index (χ4n) is 11.2. The molecule has 10 aromatic carbocycles. The number of aryl methyl sites for hydroxylation is 4. The summed E-state index contributed by atoms with van der Waals surface area (Å²) in [5.41, 5.74) is 23.2. The molecule has 9 heterocycles. The summed E-state index contributed by atoms with van der Waals surface area (Å²) in [5.74, 6) is 1.27. The summed E-state index contributed by atoms with van der Waals surface area (Å²) < 4.78 is 9.13. The van der Waals surface area contributed by atoms with Gasteiger partial charge in [-0.15, -0.1) is 0 Å². The maximum atomic E-state index is 6.78. The predicted molar refractivity (Wildman–Crippen MR) is 292 cm³/mol. The van der Waals surface area contributed by atoms with Crippen LogP contribution in [0.3, 0.4) is 0 Å². The van der Waals surface area contributed by atoms with Crippen LogP contribution < -0.4 is 24.3 Å². The van der Waals surface area contributed by atoms with Crippen LogP contribution in [0, 0.1) is 12.1 Å². The van der Waals surface area contributed by atoms with E-state index in [2.05, 4.69) is 238 Å². The second kappa shape index (κ2) is 16.6. The van der Waals surface area contributed by atoms with Crippen LogP contribution >= 0.6 is 0 Å². The molecule has 0 atom stereocenters. The van der Waals surface area contributed by atoms with Gasteiger partial charge in [-0.3, -0.25) is 0 Å². The second-order valence-corrected chi connectivity index (χ2v) is 21.6. The second-order valence-electron chi connectivity index (χ2n) is 19.0. The Balaban J connectivity index is 1.17. The van der Waals surface area contributed by atoms with E-state index in [9.17, 15) is 0 Å². The van der Waals surface area contributed by atoms with Crippen molar-refractivity contribution < 1.29 is 22.4 Å². The van der Waals surface area contributed by atoms with Crippen LogP contribution in [0.4, 0.5) is 45.5 Å². The van der Waals surface area contributed by atoms with Gasteiger partial charge in [-0.05, 0) is 0 Å². The Morgan fingerprint density at radius 1 is 0.306 bits per heavy atom. The van der Waals surface area contributed by atoms with Crippen LogP contribution in [0.15, 0.2) is 218 Å². The topological polar surface area (TPSA) is 22.2 Å². The van der Waals surface area contributed by atoms with E-state index in [1.54, 1.807) is 0 Å². The molecular weight excluding hydrogens is 1060 g/mol. The Kier molecular flexibility index (Phi) is 9.56. The zero-order valence-electron chi connectivity index (χ0n) is 39.1. The van der Waals surface area contributed by atoms with Crippen molar-refractivity contribution in [3.05, 3.63) is 253 Å². The van der Waals surface area contributed by atoms with Crippen molar-refractivity contribution in [1.29, 1.82) is 0 Å². The van der Waals surface area contributed by atoms with Crippen molar-refractivity contribution in [3.8, 4) is 56.0 Å².